The van der Waals surface area contributed by atoms with Crippen LogP contribution in [-0.2, 0) is 14.8 Å². The molecule has 0 spiro atoms. The molecule has 1 amide bonds. The Bertz CT molecular complexity index is 918. The summed E-state index contributed by atoms with van der Waals surface area (Å²) >= 11 is 5.92. The minimum Gasteiger partial charge on any atom is -0.497 e. The molecule has 0 bridgehead atoms. The highest BCUT2D eigenvalue weighted by molar-refractivity contribution is 7.89. The molecular formula is C18H21ClN2O5S. The lowest BCUT2D eigenvalue weighted by molar-refractivity contribution is -0.117. The second kappa shape index (κ2) is 9.07. The van der Waals surface area contributed by atoms with Gasteiger partial charge in [-0.25, -0.2) is 8.42 Å². The molecule has 9 heteroatoms. The third-order valence-corrected chi connectivity index (χ3v) is 5.35. The van der Waals surface area contributed by atoms with Gasteiger partial charge in [0.25, 0.3) is 0 Å². The summed E-state index contributed by atoms with van der Waals surface area (Å²) in [7, 11) is -2.52. The van der Waals surface area contributed by atoms with Crippen molar-refractivity contribution in [1.82, 2.24) is 4.72 Å². The molecule has 0 aliphatic rings. The van der Waals surface area contributed by atoms with Crippen molar-refractivity contribution in [1.29, 1.82) is 0 Å². The largest absolute Gasteiger partial charge is 0.497 e. The van der Waals surface area contributed by atoms with Gasteiger partial charge in [0, 0.05) is 16.8 Å². The zero-order valence-electron chi connectivity index (χ0n) is 15.2. The van der Waals surface area contributed by atoms with Gasteiger partial charge in [-0.15, -0.1) is 0 Å². The van der Waals surface area contributed by atoms with Crippen LogP contribution in [0.4, 0.5) is 5.69 Å². The second-order valence-electron chi connectivity index (χ2n) is 5.59. The average molecular weight is 413 g/mol. The summed E-state index contributed by atoms with van der Waals surface area (Å²) in [6, 6.07) is 10.00. The molecule has 0 radical (unpaired) electrons. The second-order valence-corrected chi connectivity index (χ2v) is 7.71. The van der Waals surface area contributed by atoms with Gasteiger partial charge < -0.3 is 14.8 Å². The van der Waals surface area contributed by atoms with Gasteiger partial charge in [-0.3, -0.25) is 4.79 Å². The molecule has 146 valence electrons. The van der Waals surface area contributed by atoms with Crippen molar-refractivity contribution < 1.29 is 22.7 Å². The van der Waals surface area contributed by atoms with Gasteiger partial charge >= 0.3 is 0 Å². The topological polar surface area (TPSA) is 93.7 Å². The molecule has 2 rings (SSSR count). The van der Waals surface area contributed by atoms with E-state index in [0.29, 0.717) is 11.4 Å². The van der Waals surface area contributed by atoms with Crippen molar-refractivity contribution in [3.63, 3.8) is 0 Å². The smallest absolute Gasteiger partial charge is 0.245 e. The van der Waals surface area contributed by atoms with E-state index in [1.165, 1.54) is 32.2 Å². The Labute approximate surface area is 163 Å². The molecule has 2 aromatic rings. The van der Waals surface area contributed by atoms with Crippen molar-refractivity contribution >= 4 is 33.2 Å². The van der Waals surface area contributed by atoms with Gasteiger partial charge in [-0.05, 0) is 44.2 Å². The Morgan fingerprint density at radius 3 is 2.63 bits per heavy atom. The number of hydrogen-bond donors (Lipinski definition) is 2. The number of ether oxygens (including phenoxy) is 2. The lowest BCUT2D eigenvalue weighted by atomic mass is 10.2. The molecule has 1 atom stereocenters. The SMILES string of the molecule is CCOc1ccc(Cl)cc1S(=O)(=O)NC(C)C(=O)Nc1cccc(OC)c1. The number of benzene rings is 2. The lowest BCUT2D eigenvalue weighted by Crippen LogP contribution is -2.41. The number of nitrogens with one attached hydrogen (secondary N) is 2. The number of anilines is 1. The number of carbonyl (C=O) groups excluding carboxylic acids is 1. The van der Waals surface area contributed by atoms with E-state index in [1.54, 1.807) is 31.2 Å². The van der Waals surface area contributed by atoms with Crippen LogP contribution in [0.1, 0.15) is 13.8 Å². The Kier molecular flexibility index (Phi) is 7.06. The summed E-state index contributed by atoms with van der Waals surface area (Å²) in [5.74, 6) is 0.211. The highest BCUT2D eigenvalue weighted by atomic mass is 35.5. The number of rotatable bonds is 8. The fraction of sp³-hybridized carbons (Fsp3) is 0.278. The molecule has 2 N–H and O–H groups in total. The summed E-state index contributed by atoms with van der Waals surface area (Å²) in [5.41, 5.74) is 0.489. The third kappa shape index (κ3) is 5.59. The summed E-state index contributed by atoms with van der Waals surface area (Å²) in [6.45, 7) is 3.47. The highest BCUT2D eigenvalue weighted by Gasteiger charge is 2.25. The molecule has 1 unspecified atom stereocenters. The molecule has 7 nitrogen and oxygen atoms in total. The number of halogens is 1. The predicted octanol–water partition coefficient (Wildman–Crippen LogP) is 3.05. The van der Waals surface area contributed by atoms with E-state index in [-0.39, 0.29) is 22.3 Å². The summed E-state index contributed by atoms with van der Waals surface area (Å²) in [4.78, 5) is 12.2. The zero-order chi connectivity index (χ0) is 20.0. The summed E-state index contributed by atoms with van der Waals surface area (Å²) in [6.07, 6.45) is 0. The van der Waals surface area contributed by atoms with E-state index in [1.807, 2.05) is 0 Å². The minimum atomic E-state index is -4.03. The molecule has 0 saturated heterocycles. The fourth-order valence-electron chi connectivity index (χ4n) is 2.27. The Hall–Kier alpha value is -2.29. The van der Waals surface area contributed by atoms with Crippen LogP contribution in [0, 0.1) is 0 Å². The number of amides is 1. The van der Waals surface area contributed by atoms with Crippen LogP contribution in [0.3, 0.4) is 0 Å². The minimum absolute atomic E-state index is 0.127. The Morgan fingerprint density at radius 1 is 1.22 bits per heavy atom. The lowest BCUT2D eigenvalue weighted by Gasteiger charge is -2.17. The van der Waals surface area contributed by atoms with Gasteiger partial charge in [0.15, 0.2) is 0 Å². The normalized spacial score (nSPS) is 12.3. The van der Waals surface area contributed by atoms with Crippen LogP contribution in [-0.4, -0.2) is 34.1 Å². The van der Waals surface area contributed by atoms with E-state index in [4.69, 9.17) is 21.1 Å². The zero-order valence-corrected chi connectivity index (χ0v) is 16.7. The maximum Gasteiger partial charge on any atom is 0.245 e. The first-order valence-electron chi connectivity index (χ1n) is 8.16. The maximum atomic E-state index is 12.7. The van der Waals surface area contributed by atoms with Crippen molar-refractivity contribution in [3.05, 3.63) is 47.5 Å². The van der Waals surface area contributed by atoms with Crippen LogP contribution < -0.4 is 19.5 Å². The fourth-order valence-corrected chi connectivity index (χ4v) is 3.88. The number of hydrogen-bond acceptors (Lipinski definition) is 5. The maximum absolute atomic E-state index is 12.7. The van der Waals surface area contributed by atoms with E-state index in [2.05, 4.69) is 10.0 Å². The first-order valence-corrected chi connectivity index (χ1v) is 10.0. The first-order chi connectivity index (χ1) is 12.8. The molecule has 0 saturated carbocycles. The molecule has 0 aromatic heterocycles. The van der Waals surface area contributed by atoms with Gasteiger partial charge in [0.2, 0.25) is 15.9 Å². The molecule has 0 heterocycles. The van der Waals surface area contributed by atoms with E-state index in [9.17, 15) is 13.2 Å². The van der Waals surface area contributed by atoms with Crippen molar-refractivity contribution in [2.45, 2.75) is 24.8 Å². The van der Waals surface area contributed by atoms with Crippen LogP contribution >= 0.6 is 11.6 Å². The van der Waals surface area contributed by atoms with E-state index < -0.39 is 22.0 Å². The average Bonchev–Trinajstić information content (AvgIpc) is 2.63. The predicted molar refractivity (Wildman–Crippen MR) is 104 cm³/mol. The van der Waals surface area contributed by atoms with Crippen molar-refractivity contribution in [2.24, 2.45) is 0 Å². The summed E-state index contributed by atoms with van der Waals surface area (Å²) < 4.78 is 38.2. The van der Waals surface area contributed by atoms with Gasteiger partial charge in [-0.1, -0.05) is 17.7 Å². The van der Waals surface area contributed by atoms with Crippen molar-refractivity contribution in [2.75, 3.05) is 19.0 Å². The van der Waals surface area contributed by atoms with Gasteiger partial charge in [-0.2, -0.15) is 4.72 Å². The highest BCUT2D eigenvalue weighted by Crippen LogP contribution is 2.27. The number of sulfonamides is 1. The molecule has 0 aliphatic carbocycles. The number of carbonyl (C=O) groups is 1. The van der Waals surface area contributed by atoms with Crippen molar-refractivity contribution in [3.8, 4) is 11.5 Å². The van der Waals surface area contributed by atoms with Crippen LogP contribution in [0.5, 0.6) is 11.5 Å². The quantitative estimate of drug-likeness (QED) is 0.695. The van der Waals surface area contributed by atoms with E-state index >= 15 is 0 Å². The van der Waals surface area contributed by atoms with Gasteiger partial charge in [0.1, 0.15) is 16.4 Å². The standard InChI is InChI=1S/C18H21ClN2O5S/c1-4-26-16-9-8-13(19)10-17(16)27(23,24)21-12(2)18(22)20-14-6-5-7-15(11-14)25-3/h5-12,21H,4H2,1-3H3,(H,20,22). The molecule has 27 heavy (non-hydrogen) atoms. The Morgan fingerprint density at radius 2 is 1.96 bits per heavy atom. The monoisotopic (exact) mass is 412 g/mol. The molecule has 0 aliphatic heterocycles. The summed E-state index contributed by atoms with van der Waals surface area (Å²) in [5, 5.41) is 2.88. The van der Waals surface area contributed by atoms with Crippen LogP contribution in [0.15, 0.2) is 47.4 Å². The van der Waals surface area contributed by atoms with Crippen LogP contribution in [0.2, 0.25) is 5.02 Å². The molecule has 2 aromatic carbocycles. The number of methoxy groups -OCH3 is 1. The van der Waals surface area contributed by atoms with Crippen LogP contribution in [0.25, 0.3) is 0 Å². The molecule has 0 fully saturated rings. The third-order valence-electron chi connectivity index (χ3n) is 3.56. The van der Waals surface area contributed by atoms with E-state index in [0.717, 1.165) is 0 Å². The Balaban J connectivity index is 2.17. The van der Waals surface area contributed by atoms with Gasteiger partial charge in [0.05, 0.1) is 19.8 Å². The molecular weight excluding hydrogens is 392 g/mol. The first kappa shape index (κ1) is 21.0.